The van der Waals surface area contributed by atoms with E-state index in [1.165, 1.54) is 25.3 Å². The summed E-state index contributed by atoms with van der Waals surface area (Å²) in [7, 11) is 1.48. The molecule has 4 nitrogen and oxygen atoms in total. The number of halogens is 2. The Bertz CT molecular complexity index is 1160. The van der Waals surface area contributed by atoms with Gasteiger partial charge in [-0.2, -0.15) is 0 Å². The molecule has 0 amide bonds. The molecule has 0 spiro atoms. The highest BCUT2D eigenvalue weighted by Crippen LogP contribution is 2.37. The van der Waals surface area contributed by atoms with Crippen LogP contribution in [0, 0.1) is 0 Å². The number of methoxy groups -OCH3 is 1. The zero-order valence-electron chi connectivity index (χ0n) is 16.3. The maximum Gasteiger partial charge on any atom is 0.233 e. The van der Waals surface area contributed by atoms with E-state index in [2.05, 4.69) is 6.58 Å². The first-order chi connectivity index (χ1) is 14.5. The quantitative estimate of drug-likeness (QED) is 0.193. The van der Waals surface area contributed by atoms with Crippen molar-refractivity contribution in [3.8, 4) is 16.9 Å². The van der Waals surface area contributed by atoms with Gasteiger partial charge in [-0.3, -0.25) is 4.79 Å². The number of ether oxygens (including phenoxy) is 1. The molecule has 2 aromatic carbocycles. The van der Waals surface area contributed by atoms with Crippen molar-refractivity contribution >= 4 is 40.0 Å². The summed E-state index contributed by atoms with van der Waals surface area (Å²) in [5.74, 6) is 0.103. The van der Waals surface area contributed by atoms with Crippen LogP contribution in [0.15, 0.2) is 82.3 Å². The molecule has 0 aliphatic rings. The third-order valence-electron chi connectivity index (χ3n) is 4.54. The summed E-state index contributed by atoms with van der Waals surface area (Å²) in [6.45, 7) is 3.59. The highest BCUT2D eigenvalue weighted by molar-refractivity contribution is 6.37. The fourth-order valence-corrected chi connectivity index (χ4v) is 3.59. The van der Waals surface area contributed by atoms with Crippen LogP contribution in [0.2, 0.25) is 0 Å². The molecule has 1 aromatic heterocycles. The van der Waals surface area contributed by atoms with Crippen LogP contribution in [0.5, 0.6) is 5.75 Å². The lowest BCUT2D eigenvalue weighted by Crippen LogP contribution is -2.04. The Kier molecular flexibility index (Phi) is 7.16. The summed E-state index contributed by atoms with van der Waals surface area (Å²) in [4.78, 5) is 13.2. The van der Waals surface area contributed by atoms with Crippen LogP contribution < -0.4 is 4.74 Å². The summed E-state index contributed by atoms with van der Waals surface area (Å²) in [6.07, 6.45) is 4.50. The number of alkyl halides is 1. The van der Waals surface area contributed by atoms with Crippen LogP contribution in [0.4, 0.5) is 0 Å². The molecule has 0 bridgehead atoms. The number of hydrogen-bond donors (Lipinski definition) is 1. The van der Waals surface area contributed by atoms with E-state index in [1.54, 1.807) is 0 Å². The molecule has 154 valence electrons. The highest BCUT2D eigenvalue weighted by atomic mass is 35.5. The molecule has 0 aliphatic carbocycles. The molecule has 0 saturated heterocycles. The second kappa shape index (κ2) is 9.81. The van der Waals surface area contributed by atoms with Crippen molar-refractivity contribution in [1.29, 1.82) is 0 Å². The molecule has 3 rings (SSSR count). The number of furan rings is 1. The monoisotopic (exact) mass is 442 g/mol. The lowest BCUT2D eigenvalue weighted by Gasteiger charge is -2.05. The second-order valence-corrected chi connectivity index (χ2v) is 7.10. The molecule has 1 heterocycles. The van der Waals surface area contributed by atoms with E-state index in [4.69, 9.17) is 32.4 Å². The number of aliphatic hydroxyl groups excluding tert-OH is 1. The number of carbonyl (C=O) groups is 1. The third kappa shape index (κ3) is 4.36. The van der Waals surface area contributed by atoms with Gasteiger partial charge in [0.1, 0.15) is 5.58 Å². The van der Waals surface area contributed by atoms with Crippen LogP contribution in [-0.2, 0) is 6.61 Å². The zero-order chi connectivity index (χ0) is 21.7. The lowest BCUT2D eigenvalue weighted by molar-refractivity contribution is 0.101. The number of allylic oxidation sites excluding steroid dienone is 5. The molecule has 1 N–H and O–H groups in total. The van der Waals surface area contributed by atoms with E-state index >= 15 is 0 Å². The van der Waals surface area contributed by atoms with Crippen LogP contribution in [0.25, 0.3) is 22.1 Å². The van der Waals surface area contributed by atoms with Gasteiger partial charge in [0.15, 0.2) is 5.75 Å². The second-order valence-electron chi connectivity index (χ2n) is 6.39. The fraction of sp³-hybridized carbons (Fsp3) is 0.125. The number of Topliss-reactive ketones (excluding diaryl/α,β-unsaturated/α-hetero) is 1. The summed E-state index contributed by atoms with van der Waals surface area (Å²) in [5, 5.41) is 10.3. The Balaban J connectivity index is 2.12. The Morgan fingerprint density at radius 1 is 1.23 bits per heavy atom. The predicted molar refractivity (Wildman–Crippen MR) is 121 cm³/mol. The first kappa shape index (κ1) is 21.9. The van der Waals surface area contributed by atoms with E-state index < -0.39 is 5.78 Å². The summed E-state index contributed by atoms with van der Waals surface area (Å²) < 4.78 is 11.4. The summed E-state index contributed by atoms with van der Waals surface area (Å²) in [5.41, 5.74) is 3.32. The average molecular weight is 443 g/mol. The highest BCUT2D eigenvalue weighted by Gasteiger charge is 2.25. The van der Waals surface area contributed by atoms with E-state index in [0.717, 1.165) is 16.7 Å². The van der Waals surface area contributed by atoms with E-state index in [9.17, 15) is 9.90 Å². The first-order valence-corrected chi connectivity index (χ1v) is 10.0. The molecule has 0 aliphatic heterocycles. The van der Waals surface area contributed by atoms with E-state index in [-0.39, 0.29) is 28.9 Å². The maximum atomic E-state index is 13.2. The number of benzene rings is 2. The zero-order valence-corrected chi connectivity index (χ0v) is 17.8. The van der Waals surface area contributed by atoms with Gasteiger partial charge in [-0.05, 0) is 34.9 Å². The fourth-order valence-electron chi connectivity index (χ4n) is 3.14. The maximum absolute atomic E-state index is 13.2. The summed E-state index contributed by atoms with van der Waals surface area (Å²) >= 11 is 12.0. The molecular formula is C24H20Cl2O4. The van der Waals surface area contributed by atoms with Crippen LogP contribution in [-0.4, -0.2) is 23.9 Å². The standard InChI is InChI=1S/C24H20Cl2O4/c1-3-5-18(20(26)10-11-25)22(28)24-23(29-2)19-9-8-17(13-21(19)30-24)16-7-4-6-15(12-16)14-27/h3-10,12-13,27H,1,11,14H2,2H3. The molecule has 0 saturated carbocycles. The smallest absolute Gasteiger partial charge is 0.233 e. The SMILES string of the molecule is C=CC=C(C(=O)c1oc2cc(-c3cccc(CO)c3)ccc2c1OC)C(Cl)=CCCl. The number of hydrogen-bond acceptors (Lipinski definition) is 4. The number of rotatable bonds is 8. The van der Waals surface area contributed by atoms with Crippen molar-refractivity contribution < 1.29 is 19.1 Å². The van der Waals surface area contributed by atoms with Gasteiger partial charge in [-0.25, -0.2) is 0 Å². The molecular weight excluding hydrogens is 423 g/mol. The van der Waals surface area contributed by atoms with Crippen molar-refractivity contribution in [2.45, 2.75) is 6.61 Å². The van der Waals surface area contributed by atoms with Crippen molar-refractivity contribution in [3.63, 3.8) is 0 Å². The van der Waals surface area contributed by atoms with Crippen molar-refractivity contribution in [2.75, 3.05) is 13.0 Å². The minimum absolute atomic E-state index is 0.0433. The average Bonchev–Trinajstić information content (AvgIpc) is 3.15. The van der Waals surface area contributed by atoms with Gasteiger partial charge in [0.2, 0.25) is 11.5 Å². The number of aliphatic hydroxyl groups is 1. The minimum atomic E-state index is -0.432. The van der Waals surface area contributed by atoms with Gasteiger partial charge in [0.05, 0.1) is 19.1 Å². The molecule has 30 heavy (non-hydrogen) atoms. The third-order valence-corrected chi connectivity index (χ3v) is 5.05. The predicted octanol–water partition coefficient (Wildman–Crippen LogP) is 6.26. The summed E-state index contributed by atoms with van der Waals surface area (Å²) in [6, 6.07) is 13.1. The van der Waals surface area contributed by atoms with Gasteiger partial charge < -0.3 is 14.3 Å². The molecule has 0 unspecified atom stereocenters. The van der Waals surface area contributed by atoms with Gasteiger partial charge in [0, 0.05) is 16.5 Å². The van der Waals surface area contributed by atoms with Crippen molar-refractivity contribution in [3.05, 3.63) is 89.2 Å². The van der Waals surface area contributed by atoms with Gasteiger partial charge in [-0.1, -0.05) is 60.7 Å². The molecule has 3 aromatic rings. The van der Waals surface area contributed by atoms with Gasteiger partial charge in [0.25, 0.3) is 0 Å². The Labute approximate surface area is 184 Å². The van der Waals surface area contributed by atoms with Crippen molar-refractivity contribution in [2.24, 2.45) is 0 Å². The van der Waals surface area contributed by atoms with E-state index in [1.807, 2.05) is 42.5 Å². The van der Waals surface area contributed by atoms with Crippen LogP contribution in [0.1, 0.15) is 16.1 Å². The Morgan fingerprint density at radius 3 is 2.67 bits per heavy atom. The number of fused-ring (bicyclic) bond motifs is 1. The number of carbonyl (C=O) groups excluding carboxylic acids is 1. The van der Waals surface area contributed by atoms with Gasteiger partial charge >= 0.3 is 0 Å². The minimum Gasteiger partial charge on any atom is -0.492 e. The van der Waals surface area contributed by atoms with Gasteiger partial charge in [-0.15, -0.1) is 11.6 Å². The molecule has 0 atom stereocenters. The van der Waals surface area contributed by atoms with E-state index in [0.29, 0.717) is 16.7 Å². The molecule has 0 fully saturated rings. The molecule has 6 heteroatoms. The normalized spacial score (nSPS) is 12.3. The number of ketones is 1. The van der Waals surface area contributed by atoms with Crippen molar-refractivity contribution in [1.82, 2.24) is 0 Å². The van der Waals surface area contributed by atoms with Crippen LogP contribution in [0.3, 0.4) is 0 Å². The van der Waals surface area contributed by atoms with Crippen LogP contribution >= 0.6 is 23.2 Å². The topological polar surface area (TPSA) is 59.7 Å². The molecule has 0 radical (unpaired) electrons. The lowest BCUT2D eigenvalue weighted by atomic mass is 10.0. The Morgan fingerprint density at radius 2 is 2.00 bits per heavy atom. The first-order valence-electron chi connectivity index (χ1n) is 9.14. The Hall–Kier alpha value is -2.79. The largest absolute Gasteiger partial charge is 0.492 e.